The number of hydrogen-bond donors (Lipinski definition) is 1. The zero-order valence-corrected chi connectivity index (χ0v) is 24.6. The lowest BCUT2D eigenvalue weighted by Gasteiger charge is -2.48. The largest absolute Gasteiger partial charge is 0.440 e. The van der Waals surface area contributed by atoms with E-state index in [4.69, 9.17) is 4.74 Å². The average molecular weight is 539 g/mol. The Morgan fingerprint density at radius 3 is 2.38 bits per heavy atom. The second-order valence-electron chi connectivity index (χ2n) is 12.6. The number of hydrogen-bond acceptors (Lipinski definition) is 4. The van der Waals surface area contributed by atoms with Crippen molar-refractivity contribution in [3.05, 3.63) is 29.3 Å². The number of benzene rings is 1. The summed E-state index contributed by atoms with van der Waals surface area (Å²) < 4.78 is 6.34. The molecule has 1 aromatic carbocycles. The normalized spacial score (nSPS) is 26.2. The molecule has 1 spiro atoms. The van der Waals surface area contributed by atoms with Crippen molar-refractivity contribution >= 4 is 17.8 Å². The van der Waals surface area contributed by atoms with Crippen molar-refractivity contribution in [1.29, 1.82) is 0 Å². The van der Waals surface area contributed by atoms with Gasteiger partial charge >= 0.3 is 12.1 Å². The fraction of sp³-hybridized carbons (Fsp3) is 0.750. The molecule has 3 saturated heterocycles. The molecule has 4 aliphatic rings. The van der Waals surface area contributed by atoms with Gasteiger partial charge in [-0.15, -0.1) is 0 Å². The summed E-state index contributed by atoms with van der Waals surface area (Å²) in [5, 5.41) is 3.23. The van der Waals surface area contributed by atoms with Gasteiger partial charge in [0, 0.05) is 44.7 Å². The van der Waals surface area contributed by atoms with Crippen LogP contribution in [0.2, 0.25) is 0 Å². The molecule has 3 amide bonds. The highest BCUT2D eigenvalue weighted by Gasteiger charge is 2.55. The molecule has 3 heterocycles. The molecular formula is C32H50N4O3. The van der Waals surface area contributed by atoms with Gasteiger partial charge < -0.3 is 19.9 Å². The third-order valence-corrected chi connectivity index (χ3v) is 10.0. The fourth-order valence-electron chi connectivity index (χ4n) is 7.73. The first-order valence-corrected chi connectivity index (χ1v) is 15.8. The number of ether oxygens (including phenoxy) is 1. The quantitative estimate of drug-likeness (QED) is 0.403. The van der Waals surface area contributed by atoms with Crippen LogP contribution in [0.3, 0.4) is 0 Å². The number of carbonyl (C=O) groups excluding carboxylic acids is 2. The highest BCUT2D eigenvalue weighted by atomic mass is 16.6. The summed E-state index contributed by atoms with van der Waals surface area (Å²) in [4.78, 5) is 33.5. The highest BCUT2D eigenvalue weighted by Crippen LogP contribution is 2.43. The Balaban J connectivity index is 1.26. The van der Waals surface area contributed by atoms with Gasteiger partial charge in [0.15, 0.2) is 0 Å². The highest BCUT2D eigenvalue weighted by molar-refractivity contribution is 5.91. The number of unbranched alkanes of at least 4 members (excludes halogenated alkanes) is 1. The molecule has 7 heteroatoms. The van der Waals surface area contributed by atoms with Gasteiger partial charge in [-0.3, -0.25) is 4.90 Å². The molecule has 1 saturated carbocycles. The van der Waals surface area contributed by atoms with Gasteiger partial charge in [-0.1, -0.05) is 57.2 Å². The molecule has 2 atom stereocenters. The SMILES string of the molecule is CCCCC1N(CC2CCCCC2)C(=O)OC12CCN(C1CCCCN1C(=O)Nc1c(C)cccc1C)CC2. The summed E-state index contributed by atoms with van der Waals surface area (Å²) in [5.41, 5.74) is 2.74. The number of nitrogens with one attached hydrogen (secondary N) is 1. The van der Waals surface area contributed by atoms with E-state index in [9.17, 15) is 9.59 Å². The molecule has 216 valence electrons. The van der Waals surface area contributed by atoms with E-state index in [1.165, 1.54) is 32.1 Å². The summed E-state index contributed by atoms with van der Waals surface area (Å²) in [6.07, 6.45) is 14.6. The summed E-state index contributed by atoms with van der Waals surface area (Å²) >= 11 is 0. The van der Waals surface area contributed by atoms with Gasteiger partial charge in [-0.25, -0.2) is 9.59 Å². The van der Waals surface area contributed by atoms with Gasteiger partial charge in [-0.2, -0.15) is 0 Å². The summed E-state index contributed by atoms with van der Waals surface area (Å²) in [6, 6.07) is 6.33. The van der Waals surface area contributed by atoms with Crippen LogP contribution in [0.1, 0.15) is 102 Å². The molecular weight excluding hydrogens is 488 g/mol. The van der Waals surface area contributed by atoms with Crippen molar-refractivity contribution < 1.29 is 14.3 Å². The van der Waals surface area contributed by atoms with Crippen LogP contribution in [0.25, 0.3) is 0 Å². The lowest BCUT2D eigenvalue weighted by Crippen LogP contribution is -2.60. The van der Waals surface area contributed by atoms with Gasteiger partial charge in [-0.05, 0) is 69.4 Å². The molecule has 1 N–H and O–H groups in total. The fourth-order valence-corrected chi connectivity index (χ4v) is 7.73. The average Bonchev–Trinajstić information content (AvgIpc) is 3.19. The van der Waals surface area contributed by atoms with Gasteiger partial charge in [0.05, 0.1) is 12.2 Å². The number of para-hydroxylation sites is 1. The van der Waals surface area contributed by atoms with Crippen LogP contribution in [0.15, 0.2) is 18.2 Å². The Hall–Kier alpha value is -2.28. The first kappa shape index (κ1) is 28.3. The van der Waals surface area contributed by atoms with E-state index in [1.54, 1.807) is 0 Å². The molecule has 39 heavy (non-hydrogen) atoms. The van der Waals surface area contributed by atoms with Gasteiger partial charge in [0.25, 0.3) is 0 Å². The van der Waals surface area contributed by atoms with E-state index in [2.05, 4.69) is 52.9 Å². The Kier molecular flexibility index (Phi) is 9.05. The monoisotopic (exact) mass is 538 g/mol. The number of nitrogens with zero attached hydrogens (tertiary/aromatic N) is 3. The van der Waals surface area contributed by atoms with Crippen LogP contribution in [0, 0.1) is 19.8 Å². The van der Waals surface area contributed by atoms with Crippen molar-refractivity contribution in [2.75, 3.05) is 31.5 Å². The molecule has 0 bridgehead atoms. The van der Waals surface area contributed by atoms with E-state index in [0.29, 0.717) is 5.92 Å². The third kappa shape index (κ3) is 6.08. The molecule has 5 rings (SSSR count). The van der Waals surface area contributed by atoms with E-state index < -0.39 is 0 Å². The van der Waals surface area contributed by atoms with E-state index in [0.717, 1.165) is 94.4 Å². The number of amides is 3. The second kappa shape index (κ2) is 12.5. The van der Waals surface area contributed by atoms with Crippen molar-refractivity contribution in [3.63, 3.8) is 0 Å². The zero-order chi connectivity index (χ0) is 27.4. The van der Waals surface area contributed by atoms with E-state index in [-0.39, 0.29) is 29.9 Å². The number of likely N-dealkylation sites (tertiary alicyclic amines) is 2. The smallest absolute Gasteiger partial charge is 0.410 e. The number of urea groups is 1. The second-order valence-corrected chi connectivity index (χ2v) is 12.6. The standard InChI is InChI=1S/C32H50N4O3/c1-4-5-16-27-32(39-31(38)36(27)23-26-14-7-6-8-15-26)18-21-34(22-19-32)28-17-9-10-20-35(28)30(37)33-29-24(2)12-11-13-25(29)3/h11-13,26-28H,4-10,14-23H2,1-3H3,(H,33,37). The maximum Gasteiger partial charge on any atom is 0.410 e. The van der Waals surface area contributed by atoms with Crippen molar-refractivity contribution in [1.82, 2.24) is 14.7 Å². The maximum atomic E-state index is 13.5. The molecule has 4 fully saturated rings. The van der Waals surface area contributed by atoms with Crippen molar-refractivity contribution in [2.24, 2.45) is 5.92 Å². The van der Waals surface area contributed by atoms with Gasteiger partial charge in [0.2, 0.25) is 0 Å². The minimum absolute atomic E-state index is 0.00385. The molecule has 3 aliphatic heterocycles. The predicted octanol–water partition coefficient (Wildman–Crippen LogP) is 7.07. The van der Waals surface area contributed by atoms with Crippen LogP contribution in [0.4, 0.5) is 15.3 Å². The summed E-state index contributed by atoms with van der Waals surface area (Å²) in [5.74, 6) is 0.622. The first-order valence-electron chi connectivity index (χ1n) is 15.8. The Labute approximate surface area is 235 Å². The molecule has 1 aromatic rings. The van der Waals surface area contributed by atoms with Gasteiger partial charge in [0.1, 0.15) is 5.60 Å². The predicted molar refractivity (Wildman–Crippen MR) is 156 cm³/mol. The first-order chi connectivity index (χ1) is 18.9. The summed E-state index contributed by atoms with van der Waals surface area (Å²) in [7, 11) is 0. The van der Waals surface area contributed by atoms with Crippen molar-refractivity contribution in [3.8, 4) is 0 Å². The molecule has 2 unspecified atom stereocenters. The number of rotatable bonds is 7. The molecule has 1 aliphatic carbocycles. The minimum Gasteiger partial charge on any atom is -0.440 e. The van der Waals surface area contributed by atoms with Crippen LogP contribution >= 0.6 is 0 Å². The lowest BCUT2D eigenvalue weighted by molar-refractivity contribution is -0.0559. The maximum absolute atomic E-state index is 13.5. The molecule has 0 aromatic heterocycles. The number of anilines is 1. The van der Waals surface area contributed by atoms with E-state index >= 15 is 0 Å². The number of piperidine rings is 2. The van der Waals surface area contributed by atoms with Crippen molar-refractivity contribution in [2.45, 2.75) is 122 Å². The Morgan fingerprint density at radius 1 is 1.00 bits per heavy atom. The molecule has 0 radical (unpaired) electrons. The lowest BCUT2D eigenvalue weighted by atomic mass is 9.80. The van der Waals surface area contributed by atoms with Crippen LogP contribution in [-0.4, -0.2) is 70.8 Å². The number of carbonyl (C=O) groups is 2. The Bertz CT molecular complexity index is 979. The van der Waals surface area contributed by atoms with E-state index in [1.807, 2.05) is 6.07 Å². The van der Waals surface area contributed by atoms with Crippen LogP contribution in [0.5, 0.6) is 0 Å². The summed E-state index contributed by atoms with van der Waals surface area (Å²) in [6.45, 7) is 9.72. The zero-order valence-electron chi connectivity index (χ0n) is 24.6. The number of aryl methyl sites for hydroxylation is 2. The van der Waals surface area contributed by atoms with Crippen LogP contribution in [-0.2, 0) is 4.74 Å². The topological polar surface area (TPSA) is 65.1 Å². The molecule has 7 nitrogen and oxygen atoms in total. The minimum atomic E-state index is -0.378. The van der Waals surface area contributed by atoms with Crippen LogP contribution < -0.4 is 5.32 Å². The Morgan fingerprint density at radius 2 is 1.69 bits per heavy atom. The third-order valence-electron chi connectivity index (χ3n) is 10.0.